The van der Waals surface area contributed by atoms with Gasteiger partial charge in [0.05, 0.1) is 18.5 Å². The van der Waals surface area contributed by atoms with Gasteiger partial charge in [-0.2, -0.15) is 5.10 Å². The molecule has 2 aromatic carbocycles. The van der Waals surface area contributed by atoms with Crippen LogP contribution >= 0.6 is 0 Å². The zero-order chi connectivity index (χ0) is 20.3. The quantitative estimate of drug-likeness (QED) is 0.519. The molecule has 7 nitrogen and oxygen atoms in total. The molecule has 3 rings (SSSR count). The summed E-state index contributed by atoms with van der Waals surface area (Å²) in [5, 5.41) is 13.8. The first-order valence-corrected chi connectivity index (χ1v) is 8.80. The topological polar surface area (TPSA) is 98.5 Å². The van der Waals surface area contributed by atoms with Crippen LogP contribution in [0, 0.1) is 13.8 Å². The minimum absolute atomic E-state index is 0.0502. The SMILES string of the molecule is Cc1ccc(C)c(C(=O)COC(=O)c2nn(CCO)c(=O)c3ccccc23)c1. The number of hydrogen-bond acceptors (Lipinski definition) is 6. The molecule has 0 atom stereocenters. The van der Waals surface area contributed by atoms with Crippen molar-refractivity contribution in [2.45, 2.75) is 20.4 Å². The second-order valence-electron chi connectivity index (χ2n) is 6.46. The Bertz CT molecular complexity index is 1120. The Kier molecular flexibility index (Phi) is 5.65. The highest BCUT2D eigenvalue weighted by Crippen LogP contribution is 2.15. The minimum Gasteiger partial charge on any atom is -0.452 e. The van der Waals surface area contributed by atoms with Crippen LogP contribution in [0.5, 0.6) is 0 Å². The van der Waals surface area contributed by atoms with Gasteiger partial charge in [-0.15, -0.1) is 0 Å². The number of rotatable bonds is 6. The van der Waals surface area contributed by atoms with Crippen molar-refractivity contribution in [3.8, 4) is 0 Å². The Labute approximate surface area is 161 Å². The third kappa shape index (κ3) is 3.84. The zero-order valence-electron chi connectivity index (χ0n) is 15.6. The van der Waals surface area contributed by atoms with E-state index in [1.807, 2.05) is 26.0 Å². The monoisotopic (exact) mass is 380 g/mol. The largest absolute Gasteiger partial charge is 0.452 e. The lowest BCUT2D eigenvalue weighted by molar-refractivity contribution is 0.0468. The van der Waals surface area contributed by atoms with Gasteiger partial charge in [-0.05, 0) is 31.5 Å². The molecule has 0 aliphatic heterocycles. The molecular weight excluding hydrogens is 360 g/mol. The van der Waals surface area contributed by atoms with Gasteiger partial charge in [0.2, 0.25) is 5.78 Å². The molecule has 0 aliphatic carbocycles. The highest BCUT2D eigenvalue weighted by molar-refractivity contribution is 6.04. The summed E-state index contributed by atoms with van der Waals surface area (Å²) in [5.74, 6) is -1.12. The maximum atomic E-state index is 12.6. The molecule has 3 aromatic rings. The average Bonchev–Trinajstić information content (AvgIpc) is 2.70. The molecule has 1 aromatic heterocycles. The van der Waals surface area contributed by atoms with Crippen LogP contribution in [0.4, 0.5) is 0 Å². The molecular formula is C21H20N2O5. The lowest BCUT2D eigenvalue weighted by atomic mass is 10.0. The minimum atomic E-state index is -0.804. The average molecular weight is 380 g/mol. The Hall–Kier alpha value is -3.32. The van der Waals surface area contributed by atoms with E-state index in [2.05, 4.69) is 5.10 Å². The molecule has 0 saturated carbocycles. The third-order valence-corrected chi connectivity index (χ3v) is 4.40. The number of carbonyl (C=O) groups excluding carboxylic acids is 2. The Morgan fingerprint density at radius 1 is 1.11 bits per heavy atom. The van der Waals surface area contributed by atoms with Crippen molar-refractivity contribution in [1.29, 1.82) is 0 Å². The van der Waals surface area contributed by atoms with Crippen LogP contribution in [0.1, 0.15) is 32.0 Å². The second-order valence-corrected chi connectivity index (χ2v) is 6.46. The van der Waals surface area contributed by atoms with Gasteiger partial charge in [-0.1, -0.05) is 35.9 Å². The van der Waals surface area contributed by atoms with Crippen LogP contribution in [0.2, 0.25) is 0 Å². The molecule has 0 unspecified atom stereocenters. The number of aliphatic hydroxyl groups is 1. The second kappa shape index (κ2) is 8.14. The molecule has 1 N–H and O–H groups in total. The molecule has 0 bridgehead atoms. The van der Waals surface area contributed by atoms with Crippen LogP contribution in [-0.4, -0.2) is 39.9 Å². The third-order valence-electron chi connectivity index (χ3n) is 4.40. The van der Waals surface area contributed by atoms with Gasteiger partial charge in [0.15, 0.2) is 12.3 Å². The highest BCUT2D eigenvalue weighted by atomic mass is 16.5. The van der Waals surface area contributed by atoms with Gasteiger partial charge in [0.1, 0.15) is 0 Å². The van der Waals surface area contributed by atoms with Crippen LogP contribution < -0.4 is 5.56 Å². The van der Waals surface area contributed by atoms with Crippen molar-refractivity contribution in [2.75, 3.05) is 13.2 Å². The summed E-state index contributed by atoms with van der Waals surface area (Å²) >= 11 is 0. The van der Waals surface area contributed by atoms with Crippen molar-refractivity contribution in [3.63, 3.8) is 0 Å². The van der Waals surface area contributed by atoms with Gasteiger partial charge in [0.25, 0.3) is 5.56 Å². The number of fused-ring (bicyclic) bond motifs is 1. The van der Waals surface area contributed by atoms with E-state index in [9.17, 15) is 14.4 Å². The molecule has 0 radical (unpaired) electrons. The number of Topliss-reactive ketones (excluding diaryl/α,β-unsaturated/α-hetero) is 1. The summed E-state index contributed by atoms with van der Waals surface area (Å²) in [6.45, 7) is 2.91. The number of ether oxygens (including phenoxy) is 1. The number of nitrogens with zero attached hydrogens (tertiary/aromatic N) is 2. The Balaban J connectivity index is 1.89. The number of aliphatic hydroxyl groups excluding tert-OH is 1. The predicted molar refractivity (Wildman–Crippen MR) is 104 cm³/mol. The fourth-order valence-corrected chi connectivity index (χ4v) is 2.95. The number of aromatic nitrogens is 2. The van der Waals surface area contributed by atoms with E-state index in [0.717, 1.165) is 15.8 Å². The van der Waals surface area contributed by atoms with Gasteiger partial charge in [-0.25, -0.2) is 9.48 Å². The first-order chi connectivity index (χ1) is 13.4. The summed E-state index contributed by atoms with van der Waals surface area (Å²) in [5.41, 5.74) is 1.75. The van der Waals surface area contributed by atoms with Gasteiger partial charge in [-0.3, -0.25) is 9.59 Å². The van der Waals surface area contributed by atoms with E-state index in [1.165, 1.54) is 0 Å². The van der Waals surface area contributed by atoms with Crippen LogP contribution in [-0.2, 0) is 11.3 Å². The predicted octanol–water partition coefficient (Wildman–Crippen LogP) is 2.05. The summed E-state index contributed by atoms with van der Waals surface area (Å²) < 4.78 is 6.21. The zero-order valence-corrected chi connectivity index (χ0v) is 15.6. The van der Waals surface area contributed by atoms with E-state index in [0.29, 0.717) is 16.3 Å². The fraction of sp³-hybridized carbons (Fsp3) is 0.238. The van der Waals surface area contributed by atoms with Gasteiger partial charge < -0.3 is 9.84 Å². The summed E-state index contributed by atoms with van der Waals surface area (Å²) in [7, 11) is 0. The lowest BCUT2D eigenvalue weighted by Crippen LogP contribution is -2.28. The molecule has 0 aliphatic rings. The molecule has 0 fully saturated rings. The molecule has 0 amide bonds. The van der Waals surface area contributed by atoms with Gasteiger partial charge >= 0.3 is 5.97 Å². The molecule has 1 heterocycles. The van der Waals surface area contributed by atoms with Crippen molar-refractivity contribution in [3.05, 3.63) is 75.2 Å². The van der Waals surface area contributed by atoms with E-state index in [4.69, 9.17) is 9.84 Å². The molecule has 28 heavy (non-hydrogen) atoms. The molecule has 0 saturated heterocycles. The van der Waals surface area contributed by atoms with Crippen LogP contribution in [0.3, 0.4) is 0 Å². The number of hydrogen-bond donors (Lipinski definition) is 1. The summed E-state index contributed by atoms with van der Waals surface area (Å²) in [6, 6.07) is 12.0. The van der Waals surface area contributed by atoms with Crippen LogP contribution in [0.15, 0.2) is 47.3 Å². The molecule has 7 heteroatoms. The van der Waals surface area contributed by atoms with Crippen molar-refractivity contribution >= 4 is 22.5 Å². The smallest absolute Gasteiger partial charge is 0.359 e. The maximum absolute atomic E-state index is 12.6. The Morgan fingerprint density at radius 3 is 2.54 bits per heavy atom. The number of ketones is 1. The van der Waals surface area contributed by atoms with E-state index in [1.54, 1.807) is 30.3 Å². The lowest BCUT2D eigenvalue weighted by Gasteiger charge is -2.10. The van der Waals surface area contributed by atoms with Crippen molar-refractivity contribution in [1.82, 2.24) is 9.78 Å². The number of aryl methyl sites for hydroxylation is 2. The molecule has 0 spiro atoms. The van der Waals surface area contributed by atoms with Crippen molar-refractivity contribution < 1.29 is 19.4 Å². The number of carbonyl (C=O) groups is 2. The maximum Gasteiger partial charge on any atom is 0.359 e. The van der Waals surface area contributed by atoms with E-state index >= 15 is 0 Å². The standard InChI is InChI=1S/C21H20N2O5/c1-13-7-8-14(2)17(11-13)18(25)12-28-21(27)19-15-5-3-4-6-16(15)20(26)23(22-19)9-10-24/h3-8,11,24H,9-10,12H2,1-2H3. The Morgan fingerprint density at radius 2 is 1.82 bits per heavy atom. The van der Waals surface area contributed by atoms with E-state index in [-0.39, 0.29) is 24.6 Å². The van der Waals surface area contributed by atoms with Gasteiger partial charge in [0, 0.05) is 10.9 Å². The number of benzene rings is 2. The first kappa shape index (κ1) is 19.4. The van der Waals surface area contributed by atoms with E-state index < -0.39 is 18.1 Å². The number of esters is 1. The first-order valence-electron chi connectivity index (χ1n) is 8.80. The highest BCUT2D eigenvalue weighted by Gasteiger charge is 2.20. The summed E-state index contributed by atoms with van der Waals surface area (Å²) in [6.07, 6.45) is 0. The fourth-order valence-electron chi connectivity index (χ4n) is 2.95. The van der Waals surface area contributed by atoms with Crippen LogP contribution in [0.25, 0.3) is 10.8 Å². The summed E-state index contributed by atoms with van der Waals surface area (Å²) in [4.78, 5) is 37.5. The van der Waals surface area contributed by atoms with Crippen molar-refractivity contribution in [2.24, 2.45) is 0 Å². The molecule has 144 valence electrons. The normalized spacial score (nSPS) is 10.8.